The number of benzene rings is 4. The Morgan fingerprint density at radius 1 is 0.582 bits per heavy atom. The third-order valence-electron chi connectivity index (χ3n) is 9.66. The van der Waals surface area contributed by atoms with Gasteiger partial charge in [0.25, 0.3) is 0 Å². The lowest BCUT2D eigenvalue weighted by molar-refractivity contribution is 0.0598. The number of rotatable bonds is 10. The smallest absolute Gasteiger partial charge is 0.339 e. The first-order valence-corrected chi connectivity index (χ1v) is 18.2. The molecule has 8 aromatic rings. The zero-order chi connectivity index (χ0) is 38.3. The van der Waals surface area contributed by atoms with Crippen molar-refractivity contribution in [1.29, 1.82) is 0 Å². The van der Waals surface area contributed by atoms with Crippen molar-refractivity contribution in [2.45, 2.75) is 39.8 Å². The molecule has 0 saturated carbocycles. The highest BCUT2D eigenvalue weighted by Crippen LogP contribution is 2.24. The minimum absolute atomic E-state index is 0.275. The summed E-state index contributed by atoms with van der Waals surface area (Å²) < 4.78 is 9.39. The molecular formula is C47H42N4O4. The van der Waals surface area contributed by atoms with Crippen LogP contribution in [-0.2, 0) is 30.7 Å². The van der Waals surface area contributed by atoms with Crippen molar-refractivity contribution in [3.63, 3.8) is 0 Å². The Morgan fingerprint density at radius 3 is 1.49 bits per heavy atom. The van der Waals surface area contributed by atoms with Crippen molar-refractivity contribution in [2.24, 2.45) is 0 Å². The number of ether oxygens (including phenoxy) is 1. The first-order chi connectivity index (χ1) is 26.7. The van der Waals surface area contributed by atoms with Crippen LogP contribution in [0.4, 0.5) is 0 Å². The molecule has 4 aromatic heterocycles. The number of nitrogens with zero attached hydrogens (tertiary/aromatic N) is 4. The van der Waals surface area contributed by atoms with E-state index in [9.17, 15) is 14.7 Å². The Balaban J connectivity index is 0.000000169. The summed E-state index contributed by atoms with van der Waals surface area (Å²) >= 11 is 0. The van der Waals surface area contributed by atoms with Gasteiger partial charge in [-0.05, 0) is 107 Å². The minimum Gasteiger partial charge on any atom is -0.478 e. The van der Waals surface area contributed by atoms with E-state index in [1.807, 2.05) is 44.2 Å². The molecule has 8 nitrogen and oxygen atoms in total. The second kappa shape index (κ2) is 16.5. The maximum atomic E-state index is 12.1. The summed E-state index contributed by atoms with van der Waals surface area (Å²) in [5.74, 6) is -1.28. The summed E-state index contributed by atoms with van der Waals surface area (Å²) in [4.78, 5) is 32.4. The number of aromatic carboxylic acids is 1. The number of carboxylic acid groups (broad SMARTS) is 1. The molecule has 1 N–H and O–H groups in total. The molecule has 0 aliphatic carbocycles. The van der Waals surface area contributed by atoms with E-state index in [-0.39, 0.29) is 11.5 Å². The number of aromatic nitrogens is 4. The third kappa shape index (κ3) is 8.71. The molecule has 0 spiro atoms. The second-order valence-electron chi connectivity index (χ2n) is 13.8. The van der Waals surface area contributed by atoms with Gasteiger partial charge in [-0.1, -0.05) is 72.8 Å². The van der Waals surface area contributed by atoms with Crippen molar-refractivity contribution >= 4 is 33.7 Å². The fourth-order valence-electron chi connectivity index (χ4n) is 6.89. The van der Waals surface area contributed by atoms with E-state index in [1.165, 1.54) is 29.1 Å². The Morgan fingerprint density at radius 2 is 1.04 bits per heavy atom. The fourth-order valence-corrected chi connectivity index (χ4v) is 6.89. The molecular weight excluding hydrogens is 685 g/mol. The summed E-state index contributed by atoms with van der Waals surface area (Å²) in [6.07, 6.45) is 8.80. The van der Waals surface area contributed by atoms with Crippen molar-refractivity contribution in [1.82, 2.24) is 19.1 Å². The van der Waals surface area contributed by atoms with Gasteiger partial charge in [-0.25, -0.2) is 9.59 Å². The number of carboxylic acids is 1. The Labute approximate surface area is 320 Å². The first kappa shape index (κ1) is 36.6. The molecule has 0 fully saturated rings. The van der Waals surface area contributed by atoms with Gasteiger partial charge < -0.3 is 19.0 Å². The number of esters is 1. The van der Waals surface area contributed by atoms with Crippen LogP contribution in [0.1, 0.15) is 65.5 Å². The second-order valence-corrected chi connectivity index (χ2v) is 13.8. The highest BCUT2D eigenvalue weighted by atomic mass is 16.5. The zero-order valence-corrected chi connectivity index (χ0v) is 31.1. The fraction of sp³-hybridized carbons (Fsp3) is 0.149. The van der Waals surface area contributed by atoms with E-state index in [4.69, 9.17) is 4.74 Å². The molecule has 4 heterocycles. The minimum atomic E-state index is -0.934. The number of aryl methyl sites for hydroxylation is 2. The predicted octanol–water partition coefficient (Wildman–Crippen LogP) is 9.45. The van der Waals surface area contributed by atoms with Crippen LogP contribution in [-0.4, -0.2) is 43.3 Å². The van der Waals surface area contributed by atoms with E-state index in [0.29, 0.717) is 24.1 Å². The average Bonchev–Trinajstić information content (AvgIpc) is 3.79. The van der Waals surface area contributed by atoms with Crippen molar-refractivity contribution in [3.8, 4) is 0 Å². The molecule has 8 heteroatoms. The lowest BCUT2D eigenvalue weighted by Crippen LogP contribution is -2.08. The van der Waals surface area contributed by atoms with Crippen molar-refractivity contribution in [2.75, 3.05) is 7.11 Å². The van der Waals surface area contributed by atoms with Crippen LogP contribution in [0.15, 0.2) is 146 Å². The molecule has 0 atom stereocenters. The van der Waals surface area contributed by atoms with E-state index in [2.05, 4.69) is 116 Å². The van der Waals surface area contributed by atoms with E-state index >= 15 is 0 Å². The predicted molar refractivity (Wildman–Crippen MR) is 217 cm³/mol. The SMILES string of the molecule is COC(=O)c1cc(C)cnc1Cc1ccc2c(ccn2Cc2ccccc2)c1.Cc1cnc(Cc2ccc3c(ccn3Cc3ccccc3)c2)c(C(=O)O)c1. The lowest BCUT2D eigenvalue weighted by Gasteiger charge is -2.09. The first-order valence-electron chi connectivity index (χ1n) is 18.2. The molecule has 0 aliphatic rings. The van der Waals surface area contributed by atoms with Gasteiger partial charge in [0.15, 0.2) is 0 Å². The quantitative estimate of drug-likeness (QED) is 0.141. The number of fused-ring (bicyclic) bond motifs is 2. The number of pyridine rings is 2. The van der Waals surface area contributed by atoms with Gasteiger partial charge in [0.2, 0.25) is 0 Å². The molecule has 0 bridgehead atoms. The topological polar surface area (TPSA) is 99.2 Å². The molecule has 0 aliphatic heterocycles. The molecule has 0 amide bonds. The maximum absolute atomic E-state index is 12.1. The number of hydrogen-bond donors (Lipinski definition) is 1. The molecule has 4 aromatic carbocycles. The van der Waals surface area contributed by atoms with Gasteiger partial charge in [-0.3, -0.25) is 9.97 Å². The van der Waals surface area contributed by atoms with Gasteiger partial charge in [-0.15, -0.1) is 0 Å². The van der Waals surface area contributed by atoms with Gasteiger partial charge in [0, 0.05) is 61.8 Å². The number of carbonyl (C=O) groups is 2. The summed E-state index contributed by atoms with van der Waals surface area (Å²) in [5.41, 5.74) is 11.0. The van der Waals surface area contributed by atoms with Crippen molar-refractivity contribution < 1.29 is 19.4 Å². The van der Waals surface area contributed by atoms with Gasteiger partial charge in [0.1, 0.15) is 0 Å². The number of hydrogen-bond acceptors (Lipinski definition) is 5. The monoisotopic (exact) mass is 726 g/mol. The third-order valence-corrected chi connectivity index (χ3v) is 9.66. The highest BCUT2D eigenvalue weighted by Gasteiger charge is 2.15. The summed E-state index contributed by atoms with van der Waals surface area (Å²) in [6, 6.07) is 41.2. The van der Waals surface area contributed by atoms with Crippen LogP contribution >= 0.6 is 0 Å². The molecule has 274 valence electrons. The zero-order valence-electron chi connectivity index (χ0n) is 31.1. The molecule has 8 rings (SSSR count). The van der Waals surface area contributed by atoms with Gasteiger partial charge in [-0.2, -0.15) is 0 Å². The number of methoxy groups -OCH3 is 1. The van der Waals surface area contributed by atoms with Gasteiger partial charge >= 0.3 is 11.9 Å². The largest absolute Gasteiger partial charge is 0.478 e. The van der Waals surface area contributed by atoms with Crippen molar-refractivity contribution in [3.05, 3.63) is 202 Å². The summed E-state index contributed by atoms with van der Waals surface area (Å²) in [6.45, 7) is 5.44. The maximum Gasteiger partial charge on any atom is 0.339 e. The number of carbonyl (C=O) groups excluding carboxylic acids is 1. The normalized spacial score (nSPS) is 11.0. The van der Waals surface area contributed by atoms with E-state index < -0.39 is 5.97 Å². The summed E-state index contributed by atoms with van der Waals surface area (Å²) in [7, 11) is 1.40. The van der Waals surface area contributed by atoms with Crippen LogP contribution in [0.25, 0.3) is 21.8 Å². The van der Waals surface area contributed by atoms with Crippen LogP contribution in [0.3, 0.4) is 0 Å². The summed E-state index contributed by atoms with van der Waals surface area (Å²) in [5, 5.41) is 11.8. The Hall–Kier alpha value is -6.80. The molecule has 0 radical (unpaired) electrons. The van der Waals surface area contributed by atoms with Crippen LogP contribution in [0.2, 0.25) is 0 Å². The van der Waals surface area contributed by atoms with E-state index in [1.54, 1.807) is 18.5 Å². The molecule has 55 heavy (non-hydrogen) atoms. The van der Waals surface area contributed by atoms with Gasteiger partial charge in [0.05, 0.1) is 29.6 Å². The molecule has 0 unspecified atom stereocenters. The van der Waals surface area contributed by atoms with E-state index in [0.717, 1.165) is 51.9 Å². The van der Waals surface area contributed by atoms with Crippen LogP contribution < -0.4 is 0 Å². The van der Waals surface area contributed by atoms with Crippen LogP contribution in [0.5, 0.6) is 0 Å². The Bertz CT molecular complexity index is 2610. The highest BCUT2D eigenvalue weighted by molar-refractivity contribution is 5.91. The van der Waals surface area contributed by atoms with Crippen LogP contribution in [0, 0.1) is 13.8 Å². The molecule has 0 saturated heterocycles. The lowest BCUT2D eigenvalue weighted by atomic mass is 10.0. The average molecular weight is 727 g/mol. The standard InChI is InChI=1S/C24H22N2O2.C23H20N2O2/c1-17-12-21(24(27)28-2)22(25-15-17)14-19-8-9-23-20(13-19)10-11-26(23)16-18-6-4-3-5-7-18;1-16-11-20(23(26)27)21(24-14-16)13-18-7-8-22-19(12-18)9-10-25(22)15-17-5-3-2-4-6-17/h3-13,15H,14,16H2,1-2H3;2-12,14H,13,15H2,1H3,(H,26,27). The Kier molecular flexibility index (Phi) is 10.9.